The second kappa shape index (κ2) is 2.82. The van der Waals surface area contributed by atoms with Crippen LogP contribution < -0.4 is 0 Å². The third-order valence-corrected chi connectivity index (χ3v) is 0.643. The molecule has 0 saturated carbocycles. The summed E-state index contributed by atoms with van der Waals surface area (Å²) in [5.74, 6) is -1.43. The monoisotopic (exact) mass is 158 g/mol. The second-order valence-electron chi connectivity index (χ2n) is 1.06. The predicted molar refractivity (Wildman–Crippen MR) is 28.9 cm³/mol. The average molecular weight is 159 g/mol. The van der Waals surface area contributed by atoms with Crippen LogP contribution in [0.3, 0.4) is 0 Å². The molecule has 0 aliphatic rings. The first-order valence-corrected chi connectivity index (χ1v) is 2.09. The van der Waals surface area contributed by atoms with E-state index in [2.05, 4.69) is 28.0 Å². The zero-order valence-electron chi connectivity index (χ0n) is 4.11. The molecule has 0 rings (SSSR count). The van der Waals surface area contributed by atoms with Gasteiger partial charge in [0.05, 0.1) is 0 Å². The topological polar surface area (TPSA) is 24.7 Å². The fourth-order valence-corrected chi connectivity index (χ4v) is 0.314. The van der Waals surface area contributed by atoms with Crippen LogP contribution in [0.15, 0.2) is 9.50 Å². The lowest BCUT2D eigenvalue weighted by atomic mass is 10.6. The minimum Gasteiger partial charge on any atom is -0.240 e. The summed E-state index contributed by atoms with van der Waals surface area (Å²) >= 11 is 4.49. The molecule has 0 aromatic heterocycles. The van der Waals surface area contributed by atoms with Crippen molar-refractivity contribution in [1.82, 2.24) is 0 Å². The van der Waals surface area contributed by atoms with Crippen LogP contribution in [0.25, 0.3) is 0 Å². The Bertz CT molecular complexity index is 138. The lowest BCUT2D eigenvalue weighted by Crippen LogP contribution is -2.19. The van der Waals surface area contributed by atoms with Crippen molar-refractivity contribution >= 4 is 24.3 Å². The van der Waals surface area contributed by atoms with Crippen molar-refractivity contribution in [2.24, 2.45) is 9.50 Å². The van der Waals surface area contributed by atoms with Crippen molar-refractivity contribution in [2.75, 3.05) is 0 Å². The van der Waals surface area contributed by atoms with E-state index in [9.17, 15) is 13.2 Å². The summed E-state index contributed by atoms with van der Waals surface area (Å²) < 4.78 is 36.4. The highest BCUT2D eigenvalue weighted by Gasteiger charge is 2.35. The van der Waals surface area contributed by atoms with Crippen molar-refractivity contribution in [1.29, 1.82) is 0 Å². The molecule has 0 aromatic carbocycles. The largest absolute Gasteiger partial charge is 0.452 e. The smallest absolute Gasteiger partial charge is 0.240 e. The molecular weight excluding hydrogens is 156 g/mol. The number of hydrogen-bond donors (Lipinski definition) is 0. The van der Waals surface area contributed by atoms with Crippen LogP contribution in [0, 0.1) is 0 Å². The number of amidine groups is 1. The van der Waals surface area contributed by atoms with E-state index >= 15 is 0 Å². The van der Waals surface area contributed by atoms with Crippen molar-refractivity contribution in [3.63, 3.8) is 0 Å². The maximum Gasteiger partial charge on any atom is 0.452 e. The molecular formula is C3H2ClF3N2. The summed E-state index contributed by atoms with van der Waals surface area (Å²) in [6, 6.07) is 0. The third-order valence-electron chi connectivity index (χ3n) is 0.483. The first-order chi connectivity index (χ1) is 4.02. The van der Waals surface area contributed by atoms with Crippen LogP contribution >= 0.6 is 11.8 Å². The second-order valence-corrected chi connectivity index (χ2v) is 1.23. The highest BCUT2D eigenvalue weighted by Crippen LogP contribution is 2.18. The Balaban J connectivity index is 4.32. The first-order valence-electron chi connectivity index (χ1n) is 1.75. The van der Waals surface area contributed by atoms with Gasteiger partial charge in [-0.25, -0.2) is 4.99 Å². The number of nitrogens with zero attached hydrogens (tertiary/aromatic N) is 2. The Morgan fingerprint density at radius 1 is 1.44 bits per heavy atom. The van der Waals surface area contributed by atoms with Gasteiger partial charge < -0.3 is 0 Å². The summed E-state index contributed by atoms with van der Waals surface area (Å²) in [5, 5.41) is 0. The van der Waals surface area contributed by atoms with Gasteiger partial charge in [0.1, 0.15) is 0 Å². The van der Waals surface area contributed by atoms with E-state index in [4.69, 9.17) is 0 Å². The average Bonchev–Trinajstić information content (AvgIpc) is 1.65. The van der Waals surface area contributed by atoms with Crippen molar-refractivity contribution in [2.45, 2.75) is 6.18 Å². The standard InChI is InChI=1S/C3H2ClF3N2/c1-8-2(9-4)3(5,6)7/h1H2. The van der Waals surface area contributed by atoms with Crippen LogP contribution in [0.1, 0.15) is 0 Å². The molecule has 52 valence electrons. The van der Waals surface area contributed by atoms with E-state index in [0.29, 0.717) is 0 Å². The van der Waals surface area contributed by atoms with Crippen LogP contribution in [0.4, 0.5) is 13.2 Å². The molecule has 0 amide bonds. The molecule has 0 fully saturated rings. The summed E-state index contributed by atoms with van der Waals surface area (Å²) in [7, 11) is 0. The van der Waals surface area contributed by atoms with E-state index in [1.54, 1.807) is 0 Å². The van der Waals surface area contributed by atoms with Crippen LogP contribution in [-0.2, 0) is 0 Å². The van der Waals surface area contributed by atoms with Gasteiger partial charge in [0, 0.05) is 11.8 Å². The van der Waals surface area contributed by atoms with Crippen LogP contribution in [0.5, 0.6) is 0 Å². The SMILES string of the molecule is C=NC(=NCl)C(F)(F)F. The van der Waals surface area contributed by atoms with Gasteiger partial charge in [0.2, 0.25) is 5.84 Å². The summed E-state index contributed by atoms with van der Waals surface area (Å²) in [6.45, 7) is 2.61. The first kappa shape index (κ1) is 8.42. The summed E-state index contributed by atoms with van der Waals surface area (Å²) in [4.78, 5) is 2.52. The van der Waals surface area contributed by atoms with Crippen LogP contribution in [-0.4, -0.2) is 18.7 Å². The van der Waals surface area contributed by atoms with Gasteiger partial charge in [-0.3, -0.25) is 0 Å². The molecule has 0 aliphatic carbocycles. The summed E-state index contributed by atoms with van der Waals surface area (Å²) in [6.07, 6.45) is -4.59. The molecule has 0 N–H and O–H groups in total. The van der Waals surface area contributed by atoms with Gasteiger partial charge in [-0.05, 0) is 6.72 Å². The molecule has 0 atom stereocenters. The van der Waals surface area contributed by atoms with Gasteiger partial charge >= 0.3 is 6.18 Å². The highest BCUT2D eigenvalue weighted by atomic mass is 35.5. The number of halogens is 4. The van der Waals surface area contributed by atoms with E-state index in [1.165, 1.54) is 0 Å². The van der Waals surface area contributed by atoms with E-state index in [0.717, 1.165) is 0 Å². The Morgan fingerprint density at radius 3 is 1.89 bits per heavy atom. The fraction of sp³-hybridized carbons (Fsp3) is 0.333. The van der Waals surface area contributed by atoms with Crippen molar-refractivity contribution in [3.8, 4) is 0 Å². The van der Waals surface area contributed by atoms with Crippen molar-refractivity contribution < 1.29 is 13.2 Å². The van der Waals surface area contributed by atoms with Gasteiger partial charge in [0.15, 0.2) is 0 Å². The van der Waals surface area contributed by atoms with Gasteiger partial charge in [-0.15, -0.1) is 0 Å². The molecule has 0 heterocycles. The molecule has 0 aliphatic heterocycles. The van der Waals surface area contributed by atoms with Crippen LogP contribution in [0.2, 0.25) is 0 Å². The number of hydrogen-bond acceptors (Lipinski definition) is 1. The Labute approximate surface area is 54.2 Å². The highest BCUT2D eigenvalue weighted by molar-refractivity contribution is 6.20. The molecule has 2 nitrogen and oxygen atoms in total. The number of alkyl halides is 3. The normalized spacial score (nSPS) is 13.6. The maximum absolute atomic E-state index is 11.4. The maximum atomic E-state index is 11.4. The molecule has 0 saturated heterocycles. The predicted octanol–water partition coefficient (Wildman–Crippen LogP) is 1.80. The quantitative estimate of drug-likeness (QED) is 0.379. The van der Waals surface area contributed by atoms with E-state index < -0.39 is 12.0 Å². The molecule has 9 heavy (non-hydrogen) atoms. The van der Waals surface area contributed by atoms with Gasteiger partial charge in [0.25, 0.3) is 0 Å². The molecule has 0 radical (unpaired) electrons. The number of aliphatic imine (C=N–C) groups is 1. The molecule has 6 heteroatoms. The lowest BCUT2D eigenvalue weighted by Gasteiger charge is -2.00. The Hall–Kier alpha value is -0.580. The van der Waals surface area contributed by atoms with E-state index in [-0.39, 0.29) is 0 Å². The summed E-state index contributed by atoms with van der Waals surface area (Å²) in [5.41, 5.74) is 0. The number of rotatable bonds is 0. The Morgan fingerprint density at radius 2 is 1.89 bits per heavy atom. The van der Waals surface area contributed by atoms with E-state index in [1.807, 2.05) is 0 Å². The molecule has 0 bridgehead atoms. The van der Waals surface area contributed by atoms with Gasteiger partial charge in [-0.2, -0.15) is 17.7 Å². The third kappa shape index (κ3) is 2.46. The fourth-order valence-electron chi connectivity index (χ4n) is 0.164. The lowest BCUT2D eigenvalue weighted by molar-refractivity contribution is -0.0594. The van der Waals surface area contributed by atoms with Gasteiger partial charge in [-0.1, -0.05) is 0 Å². The Kier molecular flexibility index (Phi) is 2.64. The molecule has 0 aromatic rings. The molecule has 0 spiro atoms. The van der Waals surface area contributed by atoms with Crippen molar-refractivity contribution in [3.05, 3.63) is 0 Å². The minimum atomic E-state index is -4.59. The minimum absolute atomic E-state index is 1.43. The zero-order valence-corrected chi connectivity index (χ0v) is 4.87. The molecule has 0 unspecified atom stereocenters. The zero-order chi connectivity index (χ0) is 7.49.